The standard InChI is InChI=1S/C22H22FN3O4/c23-16-5-1-3-7-18(16)25-11-13-26(14-12-25)21(27)15-29-22(28)10-9-20-24-17-6-2-4-8-19(17)30-20/h1-8H,9-15H2. The van der Waals surface area contributed by atoms with Crippen molar-refractivity contribution >= 4 is 28.7 Å². The molecule has 1 fully saturated rings. The number of carbonyl (C=O) groups excluding carboxylic acids is 2. The van der Waals surface area contributed by atoms with Crippen LogP contribution < -0.4 is 4.90 Å². The number of anilines is 1. The first-order valence-electron chi connectivity index (χ1n) is 9.87. The topological polar surface area (TPSA) is 75.9 Å². The number of carbonyl (C=O) groups is 2. The summed E-state index contributed by atoms with van der Waals surface area (Å²) < 4.78 is 24.6. The SMILES string of the molecule is O=C(CCc1nc2ccccc2o1)OCC(=O)N1CCN(c2ccccc2F)CC1. The first kappa shape index (κ1) is 19.9. The van der Waals surface area contributed by atoms with Crippen molar-refractivity contribution in [3.63, 3.8) is 0 Å². The molecule has 8 heteroatoms. The van der Waals surface area contributed by atoms with Gasteiger partial charge in [-0.15, -0.1) is 0 Å². The van der Waals surface area contributed by atoms with Crippen molar-refractivity contribution in [3.8, 4) is 0 Å². The van der Waals surface area contributed by atoms with Gasteiger partial charge in [-0.25, -0.2) is 9.37 Å². The fourth-order valence-electron chi connectivity index (χ4n) is 3.45. The largest absolute Gasteiger partial charge is 0.456 e. The Bertz CT molecular complexity index is 1010. The average Bonchev–Trinajstić information content (AvgIpc) is 3.19. The monoisotopic (exact) mass is 411 g/mol. The first-order chi connectivity index (χ1) is 14.6. The maximum atomic E-state index is 13.9. The number of oxazole rings is 1. The lowest BCUT2D eigenvalue weighted by atomic mass is 10.2. The molecule has 1 amide bonds. The molecule has 2 aromatic carbocycles. The smallest absolute Gasteiger partial charge is 0.306 e. The van der Waals surface area contributed by atoms with Gasteiger partial charge in [0.2, 0.25) is 0 Å². The molecule has 30 heavy (non-hydrogen) atoms. The Hall–Kier alpha value is -3.42. The quantitative estimate of drug-likeness (QED) is 0.581. The third-order valence-corrected chi connectivity index (χ3v) is 5.06. The van der Waals surface area contributed by atoms with E-state index < -0.39 is 5.97 Å². The summed E-state index contributed by atoms with van der Waals surface area (Å²) in [5.74, 6) is -0.539. The molecule has 0 radical (unpaired) electrons. The first-order valence-corrected chi connectivity index (χ1v) is 9.87. The molecule has 0 bridgehead atoms. The predicted octanol–water partition coefficient (Wildman–Crippen LogP) is 2.79. The number of nitrogens with zero attached hydrogens (tertiary/aromatic N) is 3. The van der Waals surface area contributed by atoms with E-state index in [2.05, 4.69) is 4.98 Å². The summed E-state index contributed by atoms with van der Waals surface area (Å²) in [5.41, 5.74) is 1.95. The number of aromatic nitrogens is 1. The second kappa shape index (κ2) is 8.94. The van der Waals surface area contributed by atoms with E-state index in [9.17, 15) is 14.0 Å². The fourth-order valence-corrected chi connectivity index (χ4v) is 3.45. The molecule has 0 atom stereocenters. The number of hydrogen-bond acceptors (Lipinski definition) is 6. The van der Waals surface area contributed by atoms with Crippen molar-refractivity contribution in [2.24, 2.45) is 0 Å². The van der Waals surface area contributed by atoms with Crippen LogP contribution in [0, 0.1) is 5.82 Å². The van der Waals surface area contributed by atoms with Crippen LogP contribution >= 0.6 is 0 Å². The number of esters is 1. The second-order valence-electron chi connectivity index (χ2n) is 7.06. The van der Waals surface area contributed by atoms with Gasteiger partial charge in [-0.1, -0.05) is 24.3 Å². The normalized spacial score (nSPS) is 14.2. The van der Waals surface area contributed by atoms with Gasteiger partial charge in [0.25, 0.3) is 5.91 Å². The molecular formula is C22H22FN3O4. The summed E-state index contributed by atoms with van der Waals surface area (Å²) in [6.07, 6.45) is 0.393. The van der Waals surface area contributed by atoms with Gasteiger partial charge in [0, 0.05) is 32.6 Å². The van der Waals surface area contributed by atoms with Crippen LogP contribution in [0.15, 0.2) is 52.9 Å². The van der Waals surface area contributed by atoms with E-state index in [0.717, 1.165) is 5.52 Å². The predicted molar refractivity (Wildman–Crippen MR) is 108 cm³/mol. The molecule has 4 rings (SSSR count). The average molecular weight is 411 g/mol. The van der Waals surface area contributed by atoms with E-state index in [0.29, 0.717) is 49.8 Å². The summed E-state index contributed by atoms with van der Waals surface area (Å²) in [6, 6.07) is 14.0. The minimum Gasteiger partial charge on any atom is -0.456 e. The van der Waals surface area contributed by atoms with E-state index >= 15 is 0 Å². The molecule has 1 aliphatic rings. The van der Waals surface area contributed by atoms with Crippen LogP contribution in [0.2, 0.25) is 0 Å². The molecule has 3 aromatic rings. The maximum Gasteiger partial charge on any atom is 0.306 e. The van der Waals surface area contributed by atoms with Gasteiger partial charge < -0.3 is 19.0 Å². The third-order valence-electron chi connectivity index (χ3n) is 5.06. The lowest BCUT2D eigenvalue weighted by Crippen LogP contribution is -2.50. The molecular weight excluding hydrogens is 389 g/mol. The summed E-state index contributed by atoms with van der Waals surface area (Å²) in [4.78, 5) is 32.2. The van der Waals surface area contributed by atoms with Gasteiger partial charge in [0.1, 0.15) is 11.3 Å². The van der Waals surface area contributed by atoms with Crippen molar-refractivity contribution in [3.05, 3.63) is 60.2 Å². The van der Waals surface area contributed by atoms with E-state index in [1.807, 2.05) is 29.2 Å². The van der Waals surface area contributed by atoms with Gasteiger partial charge in [-0.2, -0.15) is 0 Å². The lowest BCUT2D eigenvalue weighted by molar-refractivity contribution is -0.152. The molecule has 0 aliphatic carbocycles. The summed E-state index contributed by atoms with van der Waals surface area (Å²) >= 11 is 0. The number of ether oxygens (including phenoxy) is 1. The Morgan fingerprint density at radius 3 is 2.53 bits per heavy atom. The Balaban J connectivity index is 1.20. The number of piperazine rings is 1. The van der Waals surface area contributed by atoms with Crippen LogP contribution in [0.25, 0.3) is 11.1 Å². The second-order valence-corrected chi connectivity index (χ2v) is 7.06. The fraction of sp³-hybridized carbons (Fsp3) is 0.318. The lowest BCUT2D eigenvalue weighted by Gasteiger charge is -2.36. The summed E-state index contributed by atoms with van der Waals surface area (Å²) in [5, 5.41) is 0. The Morgan fingerprint density at radius 1 is 1.03 bits per heavy atom. The molecule has 1 aromatic heterocycles. The van der Waals surface area contributed by atoms with Crippen molar-refractivity contribution in [2.45, 2.75) is 12.8 Å². The van der Waals surface area contributed by atoms with Crippen LogP contribution in [0.3, 0.4) is 0 Å². The van der Waals surface area contributed by atoms with Gasteiger partial charge in [0.15, 0.2) is 18.1 Å². The van der Waals surface area contributed by atoms with Crippen molar-refractivity contribution < 1.29 is 23.1 Å². The number of halogens is 1. The number of rotatable bonds is 6. The molecule has 0 saturated carbocycles. The van der Waals surface area contributed by atoms with Crippen LogP contribution in [-0.4, -0.2) is 54.5 Å². The number of hydrogen-bond donors (Lipinski definition) is 0. The molecule has 7 nitrogen and oxygen atoms in total. The highest BCUT2D eigenvalue weighted by Crippen LogP contribution is 2.20. The molecule has 1 aliphatic heterocycles. The molecule has 0 N–H and O–H groups in total. The number of aryl methyl sites for hydroxylation is 1. The number of benzene rings is 2. The zero-order chi connectivity index (χ0) is 20.9. The maximum absolute atomic E-state index is 13.9. The minimum atomic E-state index is -0.476. The minimum absolute atomic E-state index is 0.0845. The zero-order valence-electron chi connectivity index (χ0n) is 16.4. The third kappa shape index (κ3) is 4.59. The summed E-state index contributed by atoms with van der Waals surface area (Å²) in [7, 11) is 0. The van der Waals surface area contributed by atoms with Gasteiger partial charge in [-0.05, 0) is 24.3 Å². The number of para-hydroxylation sites is 3. The van der Waals surface area contributed by atoms with Crippen LogP contribution in [0.1, 0.15) is 12.3 Å². The van der Waals surface area contributed by atoms with Crippen molar-refractivity contribution in [1.82, 2.24) is 9.88 Å². The van der Waals surface area contributed by atoms with Gasteiger partial charge in [0.05, 0.1) is 12.1 Å². The summed E-state index contributed by atoms with van der Waals surface area (Å²) in [6.45, 7) is 1.66. The Morgan fingerprint density at radius 2 is 1.77 bits per heavy atom. The van der Waals surface area contributed by atoms with Gasteiger partial charge >= 0.3 is 5.97 Å². The Labute approximate surface area is 173 Å². The van der Waals surface area contributed by atoms with E-state index in [-0.39, 0.29) is 24.8 Å². The highest BCUT2D eigenvalue weighted by Gasteiger charge is 2.23. The molecule has 156 valence electrons. The highest BCUT2D eigenvalue weighted by molar-refractivity contribution is 5.81. The van der Waals surface area contributed by atoms with Crippen molar-refractivity contribution in [1.29, 1.82) is 0 Å². The van der Waals surface area contributed by atoms with Gasteiger partial charge in [-0.3, -0.25) is 9.59 Å². The number of fused-ring (bicyclic) bond motifs is 1. The Kier molecular flexibility index (Phi) is 5.92. The highest BCUT2D eigenvalue weighted by atomic mass is 19.1. The van der Waals surface area contributed by atoms with Crippen LogP contribution in [0.4, 0.5) is 10.1 Å². The van der Waals surface area contributed by atoms with Crippen LogP contribution in [-0.2, 0) is 20.7 Å². The van der Waals surface area contributed by atoms with E-state index in [4.69, 9.17) is 9.15 Å². The molecule has 0 unspecified atom stereocenters. The molecule has 1 saturated heterocycles. The van der Waals surface area contributed by atoms with E-state index in [1.54, 1.807) is 23.1 Å². The van der Waals surface area contributed by atoms with Crippen LogP contribution in [0.5, 0.6) is 0 Å². The zero-order valence-corrected chi connectivity index (χ0v) is 16.4. The van der Waals surface area contributed by atoms with E-state index in [1.165, 1.54) is 6.07 Å². The van der Waals surface area contributed by atoms with Crippen molar-refractivity contribution in [2.75, 3.05) is 37.7 Å². The molecule has 0 spiro atoms. The molecule has 2 heterocycles. The number of amides is 1.